The predicted octanol–water partition coefficient (Wildman–Crippen LogP) is 6.34. The first-order valence-electron chi connectivity index (χ1n) is 12.9. The molecular weight excluding hydrogens is 476 g/mol. The molecule has 2 aromatic carbocycles. The summed E-state index contributed by atoms with van der Waals surface area (Å²) in [6.45, 7) is 5.91. The minimum atomic E-state index is -0.997. The molecule has 0 saturated heterocycles. The topological polar surface area (TPSA) is 90.6 Å². The van der Waals surface area contributed by atoms with Gasteiger partial charge in [0.1, 0.15) is 11.6 Å². The van der Waals surface area contributed by atoms with E-state index < -0.39 is 29.3 Å². The molecule has 0 spiro atoms. The summed E-state index contributed by atoms with van der Waals surface area (Å²) in [4.78, 5) is 25.2. The van der Waals surface area contributed by atoms with Crippen molar-refractivity contribution in [1.82, 2.24) is 5.32 Å². The molecule has 0 radical (unpaired) electrons. The molecule has 1 fully saturated rings. The fraction of sp³-hybridized carbons (Fsp3) is 0.517. The first kappa shape index (κ1) is 28.0. The number of nitrogens with two attached hydrogens (primary N) is 1. The van der Waals surface area contributed by atoms with Crippen molar-refractivity contribution in [2.75, 3.05) is 6.54 Å². The van der Waals surface area contributed by atoms with Crippen molar-refractivity contribution in [3.63, 3.8) is 0 Å². The molecule has 2 atom stereocenters. The van der Waals surface area contributed by atoms with E-state index in [1.54, 1.807) is 0 Å². The van der Waals surface area contributed by atoms with Crippen molar-refractivity contribution in [1.29, 1.82) is 0 Å². The van der Waals surface area contributed by atoms with Crippen LogP contribution in [0.5, 0.6) is 0 Å². The molecule has 196 valence electrons. The maximum absolute atomic E-state index is 13.4. The lowest BCUT2D eigenvalue weighted by atomic mass is 9.74. The van der Waals surface area contributed by atoms with E-state index >= 15 is 0 Å². The number of halogens is 1. The van der Waals surface area contributed by atoms with Gasteiger partial charge in [-0.1, -0.05) is 73.0 Å². The molecule has 36 heavy (non-hydrogen) atoms. The number of amides is 1. The Kier molecular flexibility index (Phi) is 9.80. The number of ether oxygens (including phenoxy) is 2. The van der Waals surface area contributed by atoms with Crippen LogP contribution in [-0.2, 0) is 19.9 Å². The number of esters is 1. The van der Waals surface area contributed by atoms with Gasteiger partial charge < -0.3 is 20.5 Å². The molecule has 0 heterocycles. The molecule has 1 amide bonds. The zero-order chi connectivity index (χ0) is 26.2. The molecule has 0 bridgehead atoms. The lowest BCUT2D eigenvalue weighted by Gasteiger charge is -2.40. The quantitative estimate of drug-likeness (QED) is 0.285. The van der Waals surface area contributed by atoms with Crippen molar-refractivity contribution >= 4 is 23.7 Å². The maximum Gasteiger partial charge on any atom is 0.407 e. The van der Waals surface area contributed by atoms with Crippen molar-refractivity contribution in [2.45, 2.75) is 83.0 Å². The highest BCUT2D eigenvalue weighted by Crippen LogP contribution is 2.49. The van der Waals surface area contributed by atoms with Gasteiger partial charge in [-0.2, -0.15) is 0 Å². The number of alkyl carbamates (subject to hydrolysis) is 1. The highest BCUT2D eigenvalue weighted by Gasteiger charge is 2.48. The van der Waals surface area contributed by atoms with Gasteiger partial charge >= 0.3 is 12.1 Å². The van der Waals surface area contributed by atoms with E-state index in [1.165, 1.54) is 0 Å². The van der Waals surface area contributed by atoms with Crippen molar-refractivity contribution in [2.24, 2.45) is 11.7 Å². The first-order chi connectivity index (χ1) is 17.1. The zero-order valence-corrected chi connectivity index (χ0v) is 22.4. The summed E-state index contributed by atoms with van der Waals surface area (Å²) >= 11 is 6.72. The number of carbonyl (C=O) groups excluding carboxylic acids is 2. The fourth-order valence-corrected chi connectivity index (χ4v) is 5.21. The number of nitrogens with one attached hydrogen (secondary N) is 1. The summed E-state index contributed by atoms with van der Waals surface area (Å²) in [5.74, 6) is -0.334. The van der Waals surface area contributed by atoms with Gasteiger partial charge in [0.25, 0.3) is 0 Å². The van der Waals surface area contributed by atoms with Gasteiger partial charge in [0.2, 0.25) is 0 Å². The van der Waals surface area contributed by atoms with Crippen LogP contribution in [0.3, 0.4) is 0 Å². The third kappa shape index (κ3) is 7.23. The molecule has 2 unspecified atom stereocenters. The van der Waals surface area contributed by atoms with Crippen molar-refractivity contribution in [3.8, 4) is 0 Å². The predicted molar refractivity (Wildman–Crippen MR) is 143 cm³/mol. The number of hydrogen-bond acceptors (Lipinski definition) is 5. The summed E-state index contributed by atoms with van der Waals surface area (Å²) in [5.41, 5.74) is 6.49. The highest BCUT2D eigenvalue weighted by atomic mass is 35.5. The molecule has 1 aliphatic rings. The SMILES string of the molecule is CC(C)(C)OC(=O)NCCCCC(N)C(=O)OC(c1ccccc1)(c1ccccc1Cl)C1CCCC1. The van der Waals surface area contributed by atoms with Crippen LogP contribution in [-0.4, -0.2) is 30.3 Å². The monoisotopic (exact) mass is 514 g/mol. The van der Waals surface area contributed by atoms with E-state index in [-0.39, 0.29) is 5.92 Å². The van der Waals surface area contributed by atoms with Gasteiger partial charge in [-0.3, -0.25) is 4.79 Å². The van der Waals surface area contributed by atoms with E-state index in [0.717, 1.165) is 36.8 Å². The molecule has 0 aromatic heterocycles. The minimum Gasteiger partial charge on any atom is -0.448 e. The number of rotatable bonds is 10. The van der Waals surface area contributed by atoms with Gasteiger partial charge in [-0.25, -0.2) is 4.79 Å². The Labute approximate surface area is 219 Å². The van der Waals surface area contributed by atoms with E-state index in [0.29, 0.717) is 30.8 Å². The third-order valence-electron chi connectivity index (χ3n) is 6.58. The lowest BCUT2D eigenvalue weighted by Crippen LogP contribution is -2.45. The van der Waals surface area contributed by atoms with Gasteiger partial charge in [0.05, 0.1) is 0 Å². The average Bonchev–Trinajstić information content (AvgIpc) is 3.37. The molecule has 0 aliphatic heterocycles. The summed E-state index contributed by atoms with van der Waals surface area (Å²) in [6, 6.07) is 16.7. The number of unbranched alkanes of at least 4 members (excludes halogenated alkanes) is 1. The van der Waals surface area contributed by atoms with Crippen LogP contribution in [0.4, 0.5) is 4.79 Å². The normalized spacial score (nSPS) is 16.7. The minimum absolute atomic E-state index is 0.106. The Balaban J connectivity index is 1.72. The second kappa shape index (κ2) is 12.6. The van der Waals surface area contributed by atoms with Crippen LogP contribution < -0.4 is 11.1 Å². The van der Waals surface area contributed by atoms with Gasteiger partial charge in [-0.05, 0) is 58.9 Å². The van der Waals surface area contributed by atoms with Crippen LogP contribution >= 0.6 is 11.6 Å². The highest BCUT2D eigenvalue weighted by molar-refractivity contribution is 6.31. The number of benzene rings is 2. The zero-order valence-electron chi connectivity index (χ0n) is 21.6. The molecule has 1 aliphatic carbocycles. The number of carbonyl (C=O) groups is 2. The van der Waals surface area contributed by atoms with Gasteiger partial charge in [0, 0.05) is 28.6 Å². The van der Waals surface area contributed by atoms with Crippen molar-refractivity contribution in [3.05, 3.63) is 70.7 Å². The largest absolute Gasteiger partial charge is 0.448 e. The molecular formula is C29H39ClN2O4. The Morgan fingerprint density at radius 2 is 1.64 bits per heavy atom. The lowest BCUT2D eigenvalue weighted by molar-refractivity contribution is -0.164. The van der Waals surface area contributed by atoms with Crippen LogP contribution in [0.15, 0.2) is 54.6 Å². The molecule has 3 N–H and O–H groups in total. The van der Waals surface area contributed by atoms with Crippen LogP contribution in [0.25, 0.3) is 0 Å². The second-order valence-electron chi connectivity index (χ2n) is 10.5. The standard InChI is InChI=1S/C29H39ClN2O4/c1-28(2,3)36-27(34)32-20-12-11-19-25(31)26(33)35-29(22-15-7-8-16-22,21-13-5-4-6-14-21)23-17-9-10-18-24(23)30/h4-6,9-10,13-14,17-18,22,25H,7-8,11-12,15-16,19-20,31H2,1-3H3,(H,32,34). The van der Waals surface area contributed by atoms with Gasteiger partial charge in [0.15, 0.2) is 5.60 Å². The Morgan fingerprint density at radius 3 is 2.28 bits per heavy atom. The average molecular weight is 515 g/mol. The van der Waals surface area contributed by atoms with Crippen LogP contribution in [0, 0.1) is 5.92 Å². The van der Waals surface area contributed by atoms with Gasteiger partial charge in [-0.15, -0.1) is 0 Å². The smallest absolute Gasteiger partial charge is 0.407 e. The third-order valence-corrected chi connectivity index (χ3v) is 6.91. The van der Waals surface area contributed by atoms with Crippen LogP contribution in [0.2, 0.25) is 5.02 Å². The maximum atomic E-state index is 13.4. The Bertz CT molecular complexity index is 1000. The van der Waals surface area contributed by atoms with Crippen molar-refractivity contribution < 1.29 is 19.1 Å². The Morgan fingerprint density at radius 1 is 1.00 bits per heavy atom. The van der Waals surface area contributed by atoms with E-state index in [1.807, 2.05) is 75.4 Å². The summed E-state index contributed by atoms with van der Waals surface area (Å²) in [5, 5.41) is 3.31. The van der Waals surface area contributed by atoms with E-state index in [2.05, 4.69) is 5.32 Å². The molecule has 3 rings (SSSR count). The summed E-state index contributed by atoms with van der Waals surface area (Å²) in [7, 11) is 0. The second-order valence-corrected chi connectivity index (χ2v) is 10.9. The van der Waals surface area contributed by atoms with Crippen LogP contribution in [0.1, 0.15) is 76.8 Å². The molecule has 1 saturated carbocycles. The molecule has 7 heteroatoms. The molecule has 2 aromatic rings. The molecule has 6 nitrogen and oxygen atoms in total. The first-order valence-corrected chi connectivity index (χ1v) is 13.3. The summed E-state index contributed by atoms with van der Waals surface area (Å²) in [6.07, 6.45) is 5.40. The number of hydrogen-bond donors (Lipinski definition) is 2. The fourth-order valence-electron chi connectivity index (χ4n) is 4.93. The summed E-state index contributed by atoms with van der Waals surface area (Å²) < 4.78 is 11.7. The van der Waals surface area contributed by atoms with E-state index in [4.69, 9.17) is 26.8 Å². The van der Waals surface area contributed by atoms with E-state index in [9.17, 15) is 9.59 Å². The Hall–Kier alpha value is -2.57.